The number of ether oxygens (including phenoxy) is 1. The number of hydrogen-bond donors (Lipinski definition) is 1. The number of imidazole rings is 1. The minimum Gasteiger partial charge on any atom is -0.496 e. The highest BCUT2D eigenvalue weighted by molar-refractivity contribution is 7.15. The second-order valence-electron chi connectivity index (χ2n) is 4.20. The minimum atomic E-state index is -0.125. The molecule has 102 valence electrons. The smallest absolute Gasteiger partial charge is 0.269 e. The van der Waals surface area contributed by atoms with Crippen molar-refractivity contribution >= 4 is 22.2 Å². The summed E-state index contributed by atoms with van der Waals surface area (Å²) < 4.78 is 7.04. The highest BCUT2D eigenvalue weighted by Gasteiger charge is 2.12. The van der Waals surface area contributed by atoms with Gasteiger partial charge in [0.1, 0.15) is 11.4 Å². The normalized spacial score (nSPS) is 10.7. The summed E-state index contributed by atoms with van der Waals surface area (Å²) in [5.74, 6) is 0.644. The van der Waals surface area contributed by atoms with Crippen molar-refractivity contribution < 1.29 is 9.53 Å². The summed E-state index contributed by atoms with van der Waals surface area (Å²) in [4.78, 5) is 17.2. The third kappa shape index (κ3) is 2.25. The van der Waals surface area contributed by atoms with Crippen LogP contribution in [0, 0.1) is 0 Å². The van der Waals surface area contributed by atoms with Crippen LogP contribution in [0.5, 0.6) is 5.75 Å². The standard InChI is InChI=1S/C14H13N3O2S/c1-19-12-5-3-2-4-10(12)8-16-13(18)11-9-20-14-15-6-7-17(11)14/h2-7,9H,8H2,1H3,(H,16,18). The van der Waals surface area contributed by atoms with Gasteiger partial charge in [-0.2, -0.15) is 0 Å². The molecule has 3 aromatic rings. The number of amides is 1. The molecule has 20 heavy (non-hydrogen) atoms. The van der Waals surface area contributed by atoms with E-state index in [1.165, 1.54) is 11.3 Å². The topological polar surface area (TPSA) is 55.6 Å². The molecular formula is C14H13N3O2S. The van der Waals surface area contributed by atoms with Gasteiger partial charge in [-0.15, -0.1) is 11.3 Å². The van der Waals surface area contributed by atoms with Crippen molar-refractivity contribution in [3.8, 4) is 5.75 Å². The molecule has 0 unspecified atom stereocenters. The molecule has 0 saturated heterocycles. The quantitative estimate of drug-likeness (QED) is 0.801. The number of thiazole rings is 1. The van der Waals surface area contributed by atoms with E-state index in [1.807, 2.05) is 24.3 Å². The van der Waals surface area contributed by atoms with Crippen molar-refractivity contribution in [2.45, 2.75) is 6.54 Å². The van der Waals surface area contributed by atoms with Crippen LogP contribution in [0.25, 0.3) is 4.96 Å². The molecule has 0 bridgehead atoms. The number of methoxy groups -OCH3 is 1. The number of carbonyl (C=O) groups excluding carboxylic acids is 1. The van der Waals surface area contributed by atoms with E-state index in [-0.39, 0.29) is 5.91 Å². The van der Waals surface area contributed by atoms with Crippen molar-refractivity contribution in [3.05, 3.63) is 53.3 Å². The summed E-state index contributed by atoms with van der Waals surface area (Å²) in [6.07, 6.45) is 3.46. The lowest BCUT2D eigenvalue weighted by molar-refractivity contribution is 0.0945. The van der Waals surface area contributed by atoms with Gasteiger partial charge in [-0.1, -0.05) is 18.2 Å². The number of para-hydroxylation sites is 1. The van der Waals surface area contributed by atoms with E-state index >= 15 is 0 Å². The lowest BCUT2D eigenvalue weighted by atomic mass is 10.2. The molecule has 0 radical (unpaired) electrons. The zero-order valence-electron chi connectivity index (χ0n) is 10.9. The molecule has 0 saturated carbocycles. The average molecular weight is 287 g/mol. The Kier molecular flexibility index (Phi) is 3.39. The third-order valence-corrected chi connectivity index (χ3v) is 3.86. The van der Waals surface area contributed by atoms with Crippen LogP contribution in [0.4, 0.5) is 0 Å². The predicted octanol–water partition coefficient (Wildman–Crippen LogP) is 2.33. The molecule has 0 aliphatic heterocycles. The SMILES string of the molecule is COc1ccccc1CNC(=O)c1csc2nccn12. The summed E-state index contributed by atoms with van der Waals surface area (Å²) in [5, 5.41) is 4.70. The van der Waals surface area contributed by atoms with E-state index in [0.717, 1.165) is 16.3 Å². The first-order valence-corrected chi connectivity index (χ1v) is 6.98. The molecule has 0 atom stereocenters. The van der Waals surface area contributed by atoms with Gasteiger partial charge in [0.15, 0.2) is 4.96 Å². The van der Waals surface area contributed by atoms with Gasteiger partial charge >= 0.3 is 0 Å². The van der Waals surface area contributed by atoms with Crippen LogP contribution in [0.1, 0.15) is 16.1 Å². The van der Waals surface area contributed by atoms with Gasteiger partial charge in [0, 0.05) is 29.9 Å². The van der Waals surface area contributed by atoms with E-state index in [2.05, 4.69) is 10.3 Å². The molecule has 1 N–H and O–H groups in total. The molecule has 0 spiro atoms. The second kappa shape index (κ2) is 5.34. The second-order valence-corrected chi connectivity index (χ2v) is 5.03. The Bertz CT molecular complexity index is 748. The summed E-state index contributed by atoms with van der Waals surface area (Å²) >= 11 is 1.44. The average Bonchev–Trinajstić information content (AvgIpc) is 3.07. The number of benzene rings is 1. The van der Waals surface area contributed by atoms with Gasteiger partial charge < -0.3 is 10.1 Å². The van der Waals surface area contributed by atoms with Crippen molar-refractivity contribution in [1.82, 2.24) is 14.7 Å². The maximum absolute atomic E-state index is 12.2. The number of nitrogens with one attached hydrogen (secondary N) is 1. The van der Waals surface area contributed by atoms with Crippen LogP contribution >= 0.6 is 11.3 Å². The number of rotatable bonds is 4. The molecule has 0 fully saturated rings. The van der Waals surface area contributed by atoms with Gasteiger partial charge in [-0.05, 0) is 6.07 Å². The largest absolute Gasteiger partial charge is 0.496 e. The van der Waals surface area contributed by atoms with E-state index < -0.39 is 0 Å². The van der Waals surface area contributed by atoms with Crippen LogP contribution in [0.2, 0.25) is 0 Å². The summed E-state index contributed by atoms with van der Waals surface area (Å²) in [7, 11) is 1.62. The lowest BCUT2D eigenvalue weighted by Gasteiger charge is -2.09. The van der Waals surface area contributed by atoms with Crippen molar-refractivity contribution in [3.63, 3.8) is 0 Å². The van der Waals surface area contributed by atoms with Crippen LogP contribution < -0.4 is 10.1 Å². The highest BCUT2D eigenvalue weighted by Crippen LogP contribution is 2.18. The van der Waals surface area contributed by atoms with Crippen LogP contribution in [-0.2, 0) is 6.54 Å². The van der Waals surface area contributed by atoms with Gasteiger partial charge in [0.25, 0.3) is 5.91 Å². The molecule has 5 nitrogen and oxygen atoms in total. The van der Waals surface area contributed by atoms with E-state index in [1.54, 1.807) is 29.3 Å². The monoisotopic (exact) mass is 287 g/mol. The summed E-state index contributed by atoms with van der Waals surface area (Å²) in [6, 6.07) is 7.63. The maximum atomic E-state index is 12.2. The Morgan fingerprint density at radius 1 is 1.45 bits per heavy atom. The first kappa shape index (κ1) is 12.7. The van der Waals surface area contributed by atoms with Crippen LogP contribution in [0.15, 0.2) is 42.0 Å². The Labute approximate surface area is 119 Å². The number of fused-ring (bicyclic) bond motifs is 1. The zero-order valence-corrected chi connectivity index (χ0v) is 11.7. The molecule has 2 aromatic heterocycles. The molecule has 2 heterocycles. The molecule has 0 aliphatic carbocycles. The fraction of sp³-hybridized carbons (Fsp3) is 0.143. The molecule has 1 amide bonds. The van der Waals surface area contributed by atoms with E-state index in [4.69, 9.17) is 4.74 Å². The Hall–Kier alpha value is -2.34. The predicted molar refractivity (Wildman–Crippen MR) is 77.2 cm³/mol. The fourth-order valence-electron chi connectivity index (χ4n) is 2.00. The van der Waals surface area contributed by atoms with Gasteiger partial charge in [-0.25, -0.2) is 4.98 Å². The summed E-state index contributed by atoms with van der Waals surface area (Å²) in [6.45, 7) is 0.425. The fourth-order valence-corrected chi connectivity index (χ4v) is 2.84. The number of hydrogen-bond acceptors (Lipinski definition) is 4. The Balaban J connectivity index is 1.75. The van der Waals surface area contributed by atoms with Crippen molar-refractivity contribution in [1.29, 1.82) is 0 Å². The maximum Gasteiger partial charge on any atom is 0.269 e. The third-order valence-electron chi connectivity index (χ3n) is 3.01. The highest BCUT2D eigenvalue weighted by atomic mass is 32.1. The lowest BCUT2D eigenvalue weighted by Crippen LogP contribution is -2.24. The van der Waals surface area contributed by atoms with Crippen LogP contribution in [-0.4, -0.2) is 22.4 Å². The molecule has 0 aliphatic rings. The number of aromatic nitrogens is 2. The van der Waals surface area contributed by atoms with E-state index in [9.17, 15) is 4.79 Å². The van der Waals surface area contributed by atoms with Gasteiger partial charge in [-0.3, -0.25) is 9.20 Å². The van der Waals surface area contributed by atoms with Gasteiger partial charge in [0.2, 0.25) is 0 Å². The zero-order chi connectivity index (χ0) is 13.9. The minimum absolute atomic E-state index is 0.125. The Morgan fingerprint density at radius 3 is 3.15 bits per heavy atom. The first-order chi connectivity index (χ1) is 9.79. The van der Waals surface area contributed by atoms with Crippen molar-refractivity contribution in [2.75, 3.05) is 7.11 Å². The molecular weight excluding hydrogens is 274 g/mol. The molecule has 3 rings (SSSR count). The number of carbonyl (C=O) groups is 1. The van der Waals surface area contributed by atoms with E-state index in [0.29, 0.717) is 12.2 Å². The molecule has 1 aromatic carbocycles. The number of nitrogens with zero attached hydrogens (tertiary/aromatic N) is 2. The summed E-state index contributed by atoms with van der Waals surface area (Å²) in [5.41, 5.74) is 1.54. The van der Waals surface area contributed by atoms with Crippen molar-refractivity contribution in [2.24, 2.45) is 0 Å². The first-order valence-electron chi connectivity index (χ1n) is 6.10. The Morgan fingerprint density at radius 2 is 2.30 bits per heavy atom. The van der Waals surface area contributed by atoms with Crippen LogP contribution in [0.3, 0.4) is 0 Å². The molecule has 6 heteroatoms. The van der Waals surface area contributed by atoms with Gasteiger partial charge in [0.05, 0.1) is 7.11 Å².